The molecule has 0 aliphatic heterocycles. The van der Waals surface area contributed by atoms with Crippen molar-refractivity contribution in [3.05, 3.63) is 35.3 Å². The third-order valence-electron chi connectivity index (χ3n) is 2.67. The van der Waals surface area contributed by atoms with Crippen LogP contribution >= 0.6 is 0 Å². The molecule has 2 rings (SSSR count). The summed E-state index contributed by atoms with van der Waals surface area (Å²) in [6.45, 7) is 0. The Morgan fingerprint density at radius 2 is 2.00 bits per heavy atom. The summed E-state index contributed by atoms with van der Waals surface area (Å²) in [5.41, 5.74) is 2.51. The molecule has 1 aromatic carbocycles. The second-order valence-electron chi connectivity index (χ2n) is 4.13. The highest BCUT2D eigenvalue weighted by Crippen LogP contribution is 2.34. The standard InChI is InChI=1S/C11H7F4N5O3/c12-6-2-1-4(3-5(6)11(13,14)15)20(10(21)22)9(17)7-8(16)19-23-18-7/h1-3,17H,(H2,16,19)(H,21,22). The van der Waals surface area contributed by atoms with Gasteiger partial charge in [-0.15, -0.1) is 0 Å². The predicted molar refractivity (Wildman–Crippen MR) is 67.4 cm³/mol. The largest absolute Gasteiger partial charge is 0.464 e. The minimum absolute atomic E-state index is 0.130. The Morgan fingerprint density at radius 1 is 1.35 bits per heavy atom. The van der Waals surface area contributed by atoms with E-state index in [0.29, 0.717) is 6.07 Å². The molecular formula is C11H7F4N5O3. The molecule has 2 aromatic rings. The smallest absolute Gasteiger partial charge is 0.419 e. The highest BCUT2D eigenvalue weighted by atomic mass is 19.4. The van der Waals surface area contributed by atoms with Crippen LogP contribution in [0.4, 0.5) is 33.9 Å². The summed E-state index contributed by atoms with van der Waals surface area (Å²) in [6, 6.07) is 1.45. The molecule has 23 heavy (non-hydrogen) atoms. The number of anilines is 2. The lowest BCUT2D eigenvalue weighted by molar-refractivity contribution is -0.139. The van der Waals surface area contributed by atoms with E-state index in [0.717, 1.165) is 6.07 Å². The fraction of sp³-hybridized carbons (Fsp3) is 0.0909. The van der Waals surface area contributed by atoms with E-state index in [9.17, 15) is 22.4 Å². The number of rotatable bonds is 2. The van der Waals surface area contributed by atoms with Crippen LogP contribution in [0.15, 0.2) is 22.8 Å². The van der Waals surface area contributed by atoms with Crippen LogP contribution in [0.1, 0.15) is 11.3 Å². The van der Waals surface area contributed by atoms with E-state index in [1.165, 1.54) is 0 Å². The molecule has 8 nitrogen and oxygen atoms in total. The lowest BCUT2D eigenvalue weighted by atomic mass is 10.1. The number of halogens is 4. The molecule has 12 heteroatoms. The van der Waals surface area contributed by atoms with Crippen molar-refractivity contribution >= 4 is 23.4 Å². The van der Waals surface area contributed by atoms with Crippen LogP contribution < -0.4 is 10.6 Å². The monoisotopic (exact) mass is 333 g/mol. The number of hydrogen-bond acceptors (Lipinski definition) is 6. The third-order valence-corrected chi connectivity index (χ3v) is 2.67. The lowest BCUT2D eigenvalue weighted by Gasteiger charge is -2.20. The van der Waals surface area contributed by atoms with Gasteiger partial charge in [-0.1, -0.05) is 0 Å². The van der Waals surface area contributed by atoms with E-state index >= 15 is 0 Å². The van der Waals surface area contributed by atoms with Gasteiger partial charge in [0.25, 0.3) is 0 Å². The molecule has 0 atom stereocenters. The van der Waals surface area contributed by atoms with Crippen LogP contribution in [0, 0.1) is 11.2 Å². The fourth-order valence-corrected chi connectivity index (χ4v) is 1.67. The number of carbonyl (C=O) groups is 1. The van der Waals surface area contributed by atoms with Crippen molar-refractivity contribution in [3.8, 4) is 0 Å². The zero-order valence-corrected chi connectivity index (χ0v) is 10.9. The average Bonchev–Trinajstić information content (AvgIpc) is 2.85. The summed E-state index contributed by atoms with van der Waals surface area (Å²) >= 11 is 0. The van der Waals surface area contributed by atoms with Crippen LogP contribution in [-0.2, 0) is 6.18 Å². The van der Waals surface area contributed by atoms with Gasteiger partial charge >= 0.3 is 12.3 Å². The maximum absolute atomic E-state index is 13.3. The molecular weight excluding hydrogens is 326 g/mol. The Balaban J connectivity index is 2.53. The van der Waals surface area contributed by atoms with Crippen molar-refractivity contribution in [1.29, 1.82) is 5.41 Å². The van der Waals surface area contributed by atoms with Crippen molar-refractivity contribution < 1.29 is 32.1 Å². The molecule has 0 bridgehead atoms. The Bertz CT molecular complexity index is 773. The predicted octanol–water partition coefficient (Wildman–Crippen LogP) is 2.32. The van der Waals surface area contributed by atoms with Crippen molar-refractivity contribution in [1.82, 2.24) is 10.3 Å². The Labute approximate surface area is 124 Å². The number of alkyl halides is 3. The number of hydrogen-bond donors (Lipinski definition) is 3. The number of amidine groups is 1. The maximum atomic E-state index is 13.3. The van der Waals surface area contributed by atoms with Gasteiger partial charge in [0.2, 0.25) is 0 Å². The minimum atomic E-state index is -5.04. The van der Waals surface area contributed by atoms with Crippen LogP contribution in [0.2, 0.25) is 0 Å². The lowest BCUT2D eigenvalue weighted by Crippen LogP contribution is -2.36. The Hall–Kier alpha value is -3.18. The Morgan fingerprint density at radius 3 is 2.48 bits per heavy atom. The number of benzene rings is 1. The zero-order chi connectivity index (χ0) is 17.4. The Kier molecular flexibility index (Phi) is 3.91. The second kappa shape index (κ2) is 5.55. The van der Waals surface area contributed by atoms with Crippen LogP contribution in [0.5, 0.6) is 0 Å². The van der Waals surface area contributed by atoms with Gasteiger partial charge in [0.1, 0.15) is 5.82 Å². The van der Waals surface area contributed by atoms with Gasteiger partial charge in [-0.3, -0.25) is 5.41 Å². The summed E-state index contributed by atoms with van der Waals surface area (Å²) in [5, 5.41) is 23.2. The highest BCUT2D eigenvalue weighted by molar-refractivity contribution is 6.20. The number of nitrogen functional groups attached to an aromatic ring is 1. The summed E-state index contributed by atoms with van der Waals surface area (Å²) in [5.74, 6) is -2.92. The maximum Gasteiger partial charge on any atom is 0.419 e. The van der Waals surface area contributed by atoms with Gasteiger partial charge in [0.15, 0.2) is 17.3 Å². The summed E-state index contributed by atoms with van der Waals surface area (Å²) in [7, 11) is 0. The SMILES string of the molecule is N=C(c1nonc1N)N(C(=O)O)c1ccc(F)c(C(F)(F)F)c1. The van der Waals surface area contributed by atoms with E-state index in [1.807, 2.05) is 0 Å². The molecule has 1 amide bonds. The summed E-state index contributed by atoms with van der Waals surface area (Å²) in [4.78, 5) is 11.4. The minimum Gasteiger partial charge on any atom is -0.464 e. The second-order valence-corrected chi connectivity index (χ2v) is 4.13. The molecule has 0 saturated carbocycles. The molecule has 0 radical (unpaired) electrons. The molecule has 0 spiro atoms. The molecule has 1 aromatic heterocycles. The molecule has 0 aliphatic rings. The van der Waals surface area contributed by atoms with Gasteiger partial charge < -0.3 is 10.8 Å². The van der Waals surface area contributed by atoms with E-state index < -0.39 is 46.7 Å². The molecule has 1 heterocycles. The van der Waals surface area contributed by atoms with E-state index in [2.05, 4.69) is 14.9 Å². The third kappa shape index (κ3) is 3.04. The first kappa shape index (κ1) is 16.2. The highest BCUT2D eigenvalue weighted by Gasteiger charge is 2.36. The number of nitrogens with zero attached hydrogens (tertiary/aromatic N) is 3. The van der Waals surface area contributed by atoms with E-state index in [4.69, 9.17) is 16.2 Å². The number of nitrogens with one attached hydrogen (secondary N) is 1. The van der Waals surface area contributed by atoms with Crippen molar-refractivity contribution in [2.45, 2.75) is 6.18 Å². The van der Waals surface area contributed by atoms with E-state index in [1.54, 1.807) is 0 Å². The number of aromatic nitrogens is 2. The number of amides is 1. The van der Waals surface area contributed by atoms with Gasteiger partial charge in [0.05, 0.1) is 11.3 Å². The van der Waals surface area contributed by atoms with E-state index in [-0.39, 0.29) is 11.0 Å². The molecule has 0 saturated heterocycles. The number of carboxylic acid groups (broad SMARTS) is 1. The summed E-state index contributed by atoms with van der Waals surface area (Å²) < 4.78 is 55.6. The molecule has 122 valence electrons. The summed E-state index contributed by atoms with van der Waals surface area (Å²) in [6.07, 6.45) is -6.85. The quantitative estimate of drug-likeness (QED) is 0.439. The van der Waals surface area contributed by atoms with Gasteiger partial charge in [0, 0.05) is 0 Å². The van der Waals surface area contributed by atoms with Gasteiger partial charge in [-0.05, 0) is 28.5 Å². The first-order valence-electron chi connectivity index (χ1n) is 5.69. The topological polar surface area (TPSA) is 129 Å². The van der Waals surface area contributed by atoms with Crippen LogP contribution in [0.25, 0.3) is 0 Å². The van der Waals surface area contributed by atoms with Gasteiger partial charge in [-0.25, -0.2) is 18.7 Å². The molecule has 0 fully saturated rings. The zero-order valence-electron chi connectivity index (χ0n) is 10.9. The van der Waals surface area contributed by atoms with Gasteiger partial charge in [-0.2, -0.15) is 13.2 Å². The normalized spacial score (nSPS) is 11.3. The van der Waals surface area contributed by atoms with Crippen molar-refractivity contribution in [3.63, 3.8) is 0 Å². The van der Waals surface area contributed by atoms with Crippen LogP contribution in [-0.4, -0.2) is 27.3 Å². The molecule has 0 aliphatic carbocycles. The fourth-order valence-electron chi connectivity index (χ4n) is 1.67. The number of nitrogens with two attached hydrogens (primary N) is 1. The molecule has 0 unspecified atom stereocenters. The average molecular weight is 333 g/mol. The first-order chi connectivity index (χ1) is 10.6. The van der Waals surface area contributed by atoms with Crippen molar-refractivity contribution in [2.24, 2.45) is 0 Å². The van der Waals surface area contributed by atoms with Crippen LogP contribution in [0.3, 0.4) is 0 Å². The first-order valence-corrected chi connectivity index (χ1v) is 5.69. The molecule has 4 N–H and O–H groups in total. The van der Waals surface area contributed by atoms with Crippen molar-refractivity contribution in [2.75, 3.05) is 10.6 Å².